The number of halogens is 2. The van der Waals surface area contributed by atoms with Gasteiger partial charge in [-0.3, -0.25) is 0 Å². The summed E-state index contributed by atoms with van der Waals surface area (Å²) in [5.74, 6) is 7.15. The number of anilines is 2. The maximum Gasteiger partial charge on any atom is 0.151 e. The van der Waals surface area contributed by atoms with E-state index in [1.807, 2.05) is 30.3 Å². The van der Waals surface area contributed by atoms with Crippen molar-refractivity contribution in [2.45, 2.75) is 13.2 Å². The van der Waals surface area contributed by atoms with E-state index in [0.29, 0.717) is 54.2 Å². The highest BCUT2D eigenvalue weighted by Crippen LogP contribution is 2.33. The van der Waals surface area contributed by atoms with Crippen LogP contribution < -0.4 is 15.4 Å². The third kappa shape index (κ3) is 8.22. The quantitative estimate of drug-likeness (QED) is 0.123. The van der Waals surface area contributed by atoms with Crippen LogP contribution in [0.5, 0.6) is 5.75 Å². The Morgan fingerprint density at radius 3 is 2.76 bits per heavy atom. The lowest BCUT2D eigenvalue weighted by atomic mass is 10.2. The minimum absolute atomic E-state index is 0.0202. The molecule has 0 amide bonds. The largest absolute Gasteiger partial charge is 0.487 e. The Labute approximate surface area is 251 Å². The maximum absolute atomic E-state index is 13.4. The Morgan fingerprint density at radius 2 is 1.90 bits per heavy atom. The lowest BCUT2D eigenvalue weighted by Crippen LogP contribution is -2.20. The molecule has 11 heteroatoms. The van der Waals surface area contributed by atoms with Gasteiger partial charge < -0.3 is 25.2 Å². The van der Waals surface area contributed by atoms with Gasteiger partial charge >= 0.3 is 0 Å². The van der Waals surface area contributed by atoms with Gasteiger partial charge in [-0.15, -0.1) is 11.3 Å². The van der Waals surface area contributed by atoms with Gasteiger partial charge in [-0.1, -0.05) is 29.8 Å². The second kappa shape index (κ2) is 14.7. The number of hydrogen-bond acceptors (Lipinski definition) is 9. The molecule has 214 valence electrons. The zero-order valence-electron chi connectivity index (χ0n) is 22.4. The first-order valence-corrected chi connectivity index (χ1v) is 14.3. The first kappa shape index (κ1) is 29.4. The molecule has 3 heterocycles. The van der Waals surface area contributed by atoms with E-state index in [9.17, 15) is 4.39 Å². The molecule has 0 saturated carbocycles. The molecular weight excluding hydrogens is 577 g/mol. The summed E-state index contributed by atoms with van der Waals surface area (Å²) < 4.78 is 25.3. The van der Waals surface area contributed by atoms with Crippen molar-refractivity contribution < 1.29 is 19.0 Å². The molecule has 8 nitrogen and oxygen atoms in total. The first-order valence-electron chi connectivity index (χ1n) is 13.1. The number of thiophene rings is 1. The highest BCUT2D eigenvalue weighted by atomic mass is 35.5. The molecule has 0 aliphatic rings. The molecule has 0 saturated heterocycles. The highest BCUT2D eigenvalue weighted by molar-refractivity contribution is 7.20. The zero-order chi connectivity index (χ0) is 29.1. The van der Waals surface area contributed by atoms with E-state index in [0.717, 1.165) is 26.5 Å². The summed E-state index contributed by atoms with van der Waals surface area (Å²) >= 11 is 7.95. The van der Waals surface area contributed by atoms with Crippen molar-refractivity contribution in [1.82, 2.24) is 20.3 Å². The molecule has 2 aromatic carbocycles. The van der Waals surface area contributed by atoms with Crippen molar-refractivity contribution in [2.24, 2.45) is 0 Å². The van der Waals surface area contributed by atoms with Crippen LogP contribution >= 0.6 is 22.9 Å². The predicted octanol–water partition coefficient (Wildman–Crippen LogP) is 5.70. The van der Waals surface area contributed by atoms with Gasteiger partial charge in [0.05, 0.1) is 45.6 Å². The smallest absolute Gasteiger partial charge is 0.151 e. The molecule has 3 aromatic heterocycles. The molecule has 0 bridgehead atoms. The van der Waals surface area contributed by atoms with E-state index in [4.69, 9.17) is 26.2 Å². The Morgan fingerprint density at radius 1 is 1.00 bits per heavy atom. The van der Waals surface area contributed by atoms with Gasteiger partial charge in [0.1, 0.15) is 30.2 Å². The first-order chi connectivity index (χ1) is 20.6. The number of nitrogens with zero attached hydrogens (tertiary/aromatic N) is 3. The molecule has 5 aromatic rings. The van der Waals surface area contributed by atoms with Crippen LogP contribution in [-0.2, 0) is 17.9 Å². The van der Waals surface area contributed by atoms with Crippen LogP contribution in [0.25, 0.3) is 10.2 Å². The van der Waals surface area contributed by atoms with Crippen LogP contribution in [0.15, 0.2) is 73.1 Å². The van der Waals surface area contributed by atoms with Crippen LogP contribution in [0, 0.1) is 17.7 Å². The molecule has 0 spiro atoms. The minimum atomic E-state index is -0.312. The number of fused-ring (bicyclic) bond motifs is 1. The molecule has 0 aliphatic carbocycles. The molecule has 42 heavy (non-hydrogen) atoms. The zero-order valence-corrected chi connectivity index (χ0v) is 24.0. The highest BCUT2D eigenvalue weighted by Gasteiger charge is 2.10. The lowest BCUT2D eigenvalue weighted by molar-refractivity contribution is 0.0937. The van der Waals surface area contributed by atoms with Crippen LogP contribution in [0.4, 0.5) is 15.9 Å². The summed E-state index contributed by atoms with van der Waals surface area (Å²) in [6.07, 6.45) is 1.50. The molecule has 5 rings (SSSR count). The number of benzene rings is 2. The minimum Gasteiger partial charge on any atom is -0.487 e. The van der Waals surface area contributed by atoms with Crippen molar-refractivity contribution in [1.29, 1.82) is 0 Å². The summed E-state index contributed by atoms with van der Waals surface area (Å²) in [5, 5.41) is 15.7. The van der Waals surface area contributed by atoms with E-state index in [1.54, 1.807) is 24.3 Å². The summed E-state index contributed by atoms with van der Waals surface area (Å²) in [6, 6.07) is 19.3. The summed E-state index contributed by atoms with van der Waals surface area (Å²) in [7, 11) is 0. The van der Waals surface area contributed by atoms with Crippen molar-refractivity contribution in [2.75, 3.05) is 31.7 Å². The third-order valence-electron chi connectivity index (χ3n) is 5.87. The van der Waals surface area contributed by atoms with Crippen LogP contribution in [-0.4, -0.2) is 46.4 Å². The monoisotopic (exact) mass is 603 g/mol. The second-order valence-corrected chi connectivity index (χ2v) is 10.5. The number of aromatic nitrogens is 3. The van der Waals surface area contributed by atoms with Gasteiger partial charge in [0.25, 0.3) is 0 Å². The number of ether oxygens (including phenoxy) is 2. The van der Waals surface area contributed by atoms with Gasteiger partial charge in [-0.25, -0.2) is 19.3 Å². The van der Waals surface area contributed by atoms with E-state index >= 15 is 0 Å². The number of aliphatic hydroxyl groups excluding tert-OH is 1. The summed E-state index contributed by atoms with van der Waals surface area (Å²) in [6.45, 7) is 2.34. The molecule has 0 radical (unpaired) electrons. The molecular formula is C31H27ClFN5O3S. The normalized spacial score (nSPS) is 10.8. The standard InChI is InChI=1S/C31H27ClFN5O3S/c32-27-16-24(8-10-29(27)41-19-21-3-1-4-22(33)15-21)38-31-30-28(35-20-36-31)17-26(42-30)9-7-23-5-2-6-25(37-23)18-34-11-13-40-14-12-39/h1-6,8,10,15-17,20,34,39H,11-14,18-19H2,(H,35,36,38). The molecule has 0 atom stereocenters. The average Bonchev–Trinajstić information content (AvgIpc) is 3.42. The lowest BCUT2D eigenvalue weighted by Gasteiger charge is -2.11. The fourth-order valence-corrected chi connectivity index (χ4v) is 5.07. The number of aliphatic hydroxyl groups is 1. The Kier molecular flexibility index (Phi) is 10.3. The second-order valence-electron chi connectivity index (χ2n) is 9.01. The molecule has 0 fully saturated rings. The molecule has 0 unspecified atom stereocenters. The maximum atomic E-state index is 13.4. The average molecular weight is 604 g/mol. The Balaban J connectivity index is 1.23. The third-order valence-corrected chi connectivity index (χ3v) is 7.22. The van der Waals surface area contributed by atoms with Crippen molar-refractivity contribution >= 4 is 44.7 Å². The predicted molar refractivity (Wildman–Crippen MR) is 163 cm³/mol. The summed E-state index contributed by atoms with van der Waals surface area (Å²) in [5.41, 5.74) is 3.76. The Bertz CT molecular complexity index is 1720. The molecule has 0 aliphatic heterocycles. The van der Waals surface area contributed by atoms with E-state index in [-0.39, 0.29) is 19.0 Å². The van der Waals surface area contributed by atoms with Crippen molar-refractivity contribution in [3.05, 3.63) is 106 Å². The van der Waals surface area contributed by atoms with Crippen molar-refractivity contribution in [3.8, 4) is 17.6 Å². The van der Waals surface area contributed by atoms with Crippen molar-refractivity contribution in [3.63, 3.8) is 0 Å². The number of pyridine rings is 1. The Hall–Kier alpha value is -4.11. The van der Waals surface area contributed by atoms with Crippen LogP contribution in [0.3, 0.4) is 0 Å². The SMILES string of the molecule is OCCOCCNCc1cccc(C#Cc2cc3ncnc(Nc4ccc(OCc5cccc(F)c5)c(Cl)c4)c3s2)n1. The fourth-order valence-electron chi connectivity index (χ4n) is 3.93. The number of rotatable bonds is 12. The van der Waals surface area contributed by atoms with E-state index in [2.05, 4.69) is 37.4 Å². The topological polar surface area (TPSA) is 101 Å². The molecule has 3 N–H and O–H groups in total. The van der Waals surface area contributed by atoms with Gasteiger partial charge in [0, 0.05) is 18.8 Å². The van der Waals surface area contributed by atoms with Gasteiger partial charge in [0.15, 0.2) is 5.82 Å². The number of hydrogen-bond donors (Lipinski definition) is 3. The van der Waals surface area contributed by atoms with Gasteiger partial charge in [0.2, 0.25) is 0 Å². The van der Waals surface area contributed by atoms with E-state index in [1.165, 1.54) is 29.8 Å². The van der Waals surface area contributed by atoms with Crippen LogP contribution in [0.2, 0.25) is 5.02 Å². The van der Waals surface area contributed by atoms with Crippen LogP contribution in [0.1, 0.15) is 21.8 Å². The van der Waals surface area contributed by atoms with E-state index < -0.39 is 0 Å². The number of nitrogens with one attached hydrogen (secondary N) is 2. The van der Waals surface area contributed by atoms with Gasteiger partial charge in [-0.05, 0) is 65.9 Å². The summed E-state index contributed by atoms with van der Waals surface area (Å²) in [4.78, 5) is 14.3. The van der Waals surface area contributed by atoms with Gasteiger partial charge in [-0.2, -0.15) is 0 Å². The fraction of sp³-hybridized carbons (Fsp3) is 0.194.